The van der Waals surface area contributed by atoms with Gasteiger partial charge in [-0.05, 0) is 31.5 Å². The molecule has 3 aromatic rings. The second-order valence-electron chi connectivity index (χ2n) is 6.21. The van der Waals surface area contributed by atoms with Crippen molar-refractivity contribution < 1.29 is 4.79 Å². The lowest BCUT2D eigenvalue weighted by Gasteiger charge is -2.16. The highest BCUT2D eigenvalue weighted by Crippen LogP contribution is 2.26. The lowest BCUT2D eigenvalue weighted by molar-refractivity contribution is 0.0790. The van der Waals surface area contributed by atoms with Crippen molar-refractivity contribution in [1.29, 1.82) is 0 Å². The predicted octanol–water partition coefficient (Wildman–Crippen LogP) is 2.96. The Morgan fingerprint density at radius 2 is 2.08 bits per heavy atom. The third-order valence-corrected chi connectivity index (χ3v) is 4.49. The van der Waals surface area contributed by atoms with E-state index in [1.807, 2.05) is 48.2 Å². The van der Waals surface area contributed by atoms with E-state index in [9.17, 15) is 4.79 Å². The summed E-state index contributed by atoms with van der Waals surface area (Å²) >= 11 is 0. The molecule has 5 nitrogen and oxygen atoms in total. The smallest absolute Gasteiger partial charge is 0.255 e. The van der Waals surface area contributed by atoms with Crippen LogP contribution in [0.2, 0.25) is 0 Å². The van der Waals surface area contributed by atoms with Crippen molar-refractivity contribution in [2.75, 3.05) is 13.1 Å². The van der Waals surface area contributed by atoms with E-state index >= 15 is 0 Å². The van der Waals surface area contributed by atoms with Gasteiger partial charge in [0.2, 0.25) is 0 Å². The third kappa shape index (κ3) is 2.73. The van der Waals surface area contributed by atoms with E-state index < -0.39 is 0 Å². The fraction of sp³-hybridized carbons (Fsp3) is 0.263. The van der Waals surface area contributed by atoms with Gasteiger partial charge in [0.1, 0.15) is 5.82 Å². The Balaban J connectivity index is 1.54. The van der Waals surface area contributed by atoms with Gasteiger partial charge in [-0.1, -0.05) is 18.2 Å². The molecule has 120 valence electrons. The van der Waals surface area contributed by atoms with Gasteiger partial charge in [-0.3, -0.25) is 9.78 Å². The molecule has 1 aliphatic rings. The molecule has 1 aliphatic heterocycles. The van der Waals surface area contributed by atoms with Crippen LogP contribution < -0.4 is 0 Å². The van der Waals surface area contributed by atoms with Crippen LogP contribution in [0.4, 0.5) is 0 Å². The molecule has 5 heteroatoms. The summed E-state index contributed by atoms with van der Waals surface area (Å²) in [5, 5.41) is 0.987. The lowest BCUT2D eigenvalue weighted by Crippen LogP contribution is -2.28. The zero-order valence-electron chi connectivity index (χ0n) is 13.5. The first kappa shape index (κ1) is 14.8. The van der Waals surface area contributed by atoms with Crippen LogP contribution in [0.3, 0.4) is 0 Å². The van der Waals surface area contributed by atoms with Crippen LogP contribution in [-0.4, -0.2) is 38.8 Å². The number of hydrogen-bond donors (Lipinski definition) is 0. The van der Waals surface area contributed by atoms with Crippen LogP contribution in [0, 0.1) is 6.92 Å². The van der Waals surface area contributed by atoms with Gasteiger partial charge < -0.3 is 4.90 Å². The maximum atomic E-state index is 12.8. The standard InChI is InChI=1S/C19H18N4O/c1-13-6-8-20-18(22-13)15-7-9-23(12-15)19(24)16-10-14-4-2-3-5-17(14)21-11-16/h2-6,8,10-11,15H,7,9,12H2,1H3/t15-/m0/s1. The zero-order chi connectivity index (χ0) is 16.5. The molecule has 0 unspecified atom stereocenters. The number of aromatic nitrogens is 3. The first-order chi connectivity index (χ1) is 11.7. The number of para-hydroxylation sites is 1. The monoisotopic (exact) mass is 318 g/mol. The molecule has 24 heavy (non-hydrogen) atoms. The molecular weight excluding hydrogens is 300 g/mol. The first-order valence-corrected chi connectivity index (χ1v) is 8.14. The van der Waals surface area contributed by atoms with Crippen molar-refractivity contribution >= 4 is 16.8 Å². The molecule has 1 atom stereocenters. The highest BCUT2D eigenvalue weighted by atomic mass is 16.2. The molecule has 0 aliphatic carbocycles. The Hall–Kier alpha value is -2.82. The molecule has 1 aromatic carbocycles. The van der Waals surface area contributed by atoms with E-state index in [1.54, 1.807) is 12.4 Å². The largest absolute Gasteiger partial charge is 0.338 e. The number of hydrogen-bond acceptors (Lipinski definition) is 4. The van der Waals surface area contributed by atoms with Crippen LogP contribution in [0.1, 0.15) is 34.2 Å². The van der Waals surface area contributed by atoms with E-state index in [-0.39, 0.29) is 11.8 Å². The predicted molar refractivity (Wildman–Crippen MR) is 91.8 cm³/mol. The number of rotatable bonds is 2. The van der Waals surface area contributed by atoms with E-state index in [1.165, 1.54) is 0 Å². The van der Waals surface area contributed by atoms with Crippen molar-refractivity contribution in [3.8, 4) is 0 Å². The van der Waals surface area contributed by atoms with E-state index in [0.29, 0.717) is 12.1 Å². The summed E-state index contributed by atoms with van der Waals surface area (Å²) in [6.07, 6.45) is 4.35. The minimum atomic E-state index is 0.0309. The third-order valence-electron chi connectivity index (χ3n) is 4.49. The highest BCUT2D eigenvalue weighted by Gasteiger charge is 2.29. The molecular formula is C19H18N4O. The Labute approximate surface area is 140 Å². The number of carbonyl (C=O) groups is 1. The number of likely N-dealkylation sites (tertiary alicyclic amines) is 1. The molecule has 1 fully saturated rings. The number of benzene rings is 1. The summed E-state index contributed by atoms with van der Waals surface area (Å²) in [6.45, 7) is 3.35. The second kappa shape index (κ2) is 6.00. The number of carbonyl (C=O) groups excluding carboxylic acids is 1. The second-order valence-corrected chi connectivity index (χ2v) is 6.21. The summed E-state index contributed by atoms with van der Waals surface area (Å²) in [5.74, 6) is 1.08. The van der Waals surface area contributed by atoms with Crippen molar-refractivity contribution in [1.82, 2.24) is 19.9 Å². The summed E-state index contributed by atoms with van der Waals surface area (Å²) in [7, 11) is 0. The van der Waals surface area contributed by atoms with Crippen LogP contribution in [-0.2, 0) is 0 Å². The van der Waals surface area contributed by atoms with Crippen molar-refractivity contribution in [3.63, 3.8) is 0 Å². The van der Waals surface area contributed by atoms with Crippen LogP contribution >= 0.6 is 0 Å². The number of fused-ring (bicyclic) bond motifs is 1. The van der Waals surface area contributed by atoms with Crippen molar-refractivity contribution in [2.45, 2.75) is 19.3 Å². The molecule has 0 saturated carbocycles. The Kier molecular flexibility index (Phi) is 3.69. The number of nitrogens with zero attached hydrogens (tertiary/aromatic N) is 4. The van der Waals surface area contributed by atoms with Gasteiger partial charge in [-0.15, -0.1) is 0 Å². The van der Waals surface area contributed by atoms with Gasteiger partial charge in [0.15, 0.2) is 0 Å². The maximum absolute atomic E-state index is 12.8. The van der Waals surface area contributed by atoms with E-state index in [0.717, 1.165) is 35.4 Å². The SMILES string of the molecule is Cc1ccnc([C@H]2CCN(C(=O)c3cnc4ccccc4c3)C2)n1. The normalized spacial score (nSPS) is 17.4. The molecule has 0 radical (unpaired) electrons. The van der Waals surface area contributed by atoms with Crippen LogP contribution in [0.25, 0.3) is 10.9 Å². The minimum Gasteiger partial charge on any atom is -0.338 e. The fourth-order valence-corrected chi connectivity index (χ4v) is 3.19. The lowest BCUT2D eigenvalue weighted by atomic mass is 10.1. The molecule has 4 rings (SSSR count). The number of pyridine rings is 1. The van der Waals surface area contributed by atoms with Crippen molar-refractivity contribution in [2.24, 2.45) is 0 Å². The minimum absolute atomic E-state index is 0.0309. The van der Waals surface area contributed by atoms with Crippen molar-refractivity contribution in [3.05, 3.63) is 65.9 Å². The quantitative estimate of drug-likeness (QED) is 0.729. The fourth-order valence-electron chi connectivity index (χ4n) is 3.19. The Morgan fingerprint density at radius 1 is 1.21 bits per heavy atom. The number of aryl methyl sites for hydroxylation is 1. The molecule has 1 saturated heterocycles. The Bertz CT molecular complexity index is 909. The van der Waals surface area contributed by atoms with Gasteiger partial charge >= 0.3 is 0 Å². The molecule has 0 spiro atoms. The van der Waals surface area contributed by atoms with Crippen LogP contribution in [0.15, 0.2) is 48.8 Å². The average Bonchev–Trinajstić information content (AvgIpc) is 3.11. The van der Waals surface area contributed by atoms with Gasteiger partial charge in [0.25, 0.3) is 5.91 Å². The summed E-state index contributed by atoms with van der Waals surface area (Å²) in [5.41, 5.74) is 2.50. The summed E-state index contributed by atoms with van der Waals surface area (Å²) < 4.78 is 0. The van der Waals surface area contributed by atoms with E-state index in [4.69, 9.17) is 0 Å². The average molecular weight is 318 g/mol. The number of amides is 1. The van der Waals surface area contributed by atoms with Gasteiger partial charge in [0.05, 0.1) is 11.1 Å². The highest BCUT2D eigenvalue weighted by molar-refractivity contribution is 5.97. The van der Waals surface area contributed by atoms with Crippen LogP contribution in [0.5, 0.6) is 0 Å². The molecule has 2 aromatic heterocycles. The molecule has 1 amide bonds. The van der Waals surface area contributed by atoms with Gasteiger partial charge in [-0.2, -0.15) is 0 Å². The van der Waals surface area contributed by atoms with E-state index in [2.05, 4.69) is 15.0 Å². The van der Waals surface area contributed by atoms with Gasteiger partial charge in [0, 0.05) is 42.5 Å². The summed E-state index contributed by atoms with van der Waals surface area (Å²) in [6, 6.07) is 11.6. The molecule has 0 N–H and O–H groups in total. The zero-order valence-corrected chi connectivity index (χ0v) is 13.5. The van der Waals surface area contributed by atoms with Gasteiger partial charge in [-0.25, -0.2) is 9.97 Å². The maximum Gasteiger partial charge on any atom is 0.255 e. The molecule has 3 heterocycles. The first-order valence-electron chi connectivity index (χ1n) is 8.14. The summed E-state index contributed by atoms with van der Waals surface area (Å²) in [4.78, 5) is 27.9. The molecule has 0 bridgehead atoms. The topological polar surface area (TPSA) is 59.0 Å². The Morgan fingerprint density at radius 3 is 2.96 bits per heavy atom.